The van der Waals surface area contributed by atoms with Gasteiger partial charge in [0.05, 0.1) is 32.1 Å². The van der Waals surface area contributed by atoms with Crippen molar-refractivity contribution in [3.8, 4) is 17.2 Å². The van der Waals surface area contributed by atoms with Crippen molar-refractivity contribution in [2.75, 3.05) is 20.8 Å². The number of aryl methyl sites for hydroxylation is 1. The highest BCUT2D eigenvalue weighted by atomic mass is 16.5. The summed E-state index contributed by atoms with van der Waals surface area (Å²) in [6.07, 6.45) is 6.98. The molecule has 156 valence electrons. The Bertz CT molecular complexity index is 1000. The van der Waals surface area contributed by atoms with Crippen molar-refractivity contribution in [1.29, 1.82) is 0 Å². The lowest BCUT2D eigenvalue weighted by molar-refractivity contribution is -0.132. The number of nitrogens with zero attached hydrogens (tertiary/aromatic N) is 3. The third-order valence-electron chi connectivity index (χ3n) is 5.65. The van der Waals surface area contributed by atoms with Crippen LogP contribution in [0.1, 0.15) is 36.4 Å². The van der Waals surface area contributed by atoms with Gasteiger partial charge in [-0.15, -0.1) is 0 Å². The molecule has 0 radical (unpaired) electrons. The molecule has 1 aliphatic heterocycles. The van der Waals surface area contributed by atoms with Gasteiger partial charge < -0.3 is 14.4 Å². The summed E-state index contributed by atoms with van der Waals surface area (Å²) in [7, 11) is 3.26. The molecule has 1 amide bonds. The molecule has 0 saturated carbocycles. The van der Waals surface area contributed by atoms with Gasteiger partial charge in [0.1, 0.15) is 0 Å². The summed E-state index contributed by atoms with van der Waals surface area (Å²) in [6, 6.07) is 16.0. The molecule has 2 aromatic carbocycles. The van der Waals surface area contributed by atoms with Crippen LogP contribution in [0.5, 0.6) is 11.5 Å². The van der Waals surface area contributed by atoms with E-state index in [-0.39, 0.29) is 11.9 Å². The molecule has 0 bridgehead atoms. The van der Waals surface area contributed by atoms with E-state index in [0.29, 0.717) is 24.3 Å². The van der Waals surface area contributed by atoms with Gasteiger partial charge in [0.25, 0.3) is 0 Å². The van der Waals surface area contributed by atoms with Gasteiger partial charge in [-0.3, -0.25) is 4.79 Å². The Morgan fingerprint density at radius 3 is 2.67 bits per heavy atom. The van der Waals surface area contributed by atoms with E-state index in [1.807, 2.05) is 70.5 Å². The van der Waals surface area contributed by atoms with Crippen LogP contribution in [-0.2, 0) is 11.2 Å². The molecule has 0 spiro atoms. The molecule has 4 rings (SSSR count). The molecule has 1 fully saturated rings. The van der Waals surface area contributed by atoms with Crippen LogP contribution in [0.4, 0.5) is 0 Å². The number of methoxy groups -OCH3 is 2. The van der Waals surface area contributed by atoms with Gasteiger partial charge in [0.15, 0.2) is 11.5 Å². The second-order valence-electron chi connectivity index (χ2n) is 7.49. The fourth-order valence-electron chi connectivity index (χ4n) is 4.08. The van der Waals surface area contributed by atoms with Crippen LogP contribution >= 0.6 is 0 Å². The molecule has 1 unspecified atom stereocenters. The number of carbonyl (C=O) groups excluding carboxylic acids is 1. The average molecular weight is 405 g/mol. The van der Waals surface area contributed by atoms with E-state index in [4.69, 9.17) is 9.47 Å². The molecule has 6 heteroatoms. The number of ether oxygens (including phenoxy) is 2. The molecule has 1 saturated heterocycles. The zero-order valence-electron chi connectivity index (χ0n) is 17.5. The Morgan fingerprint density at radius 1 is 1.10 bits per heavy atom. The molecule has 2 heterocycles. The predicted molar refractivity (Wildman–Crippen MR) is 115 cm³/mol. The third-order valence-corrected chi connectivity index (χ3v) is 5.65. The second kappa shape index (κ2) is 9.03. The maximum Gasteiger partial charge on any atom is 0.223 e. The van der Waals surface area contributed by atoms with E-state index in [1.54, 1.807) is 14.2 Å². The SMILES string of the molecule is COc1ccc(C2CCCN2C(=O)CCc2cnn(-c3ccccc3)c2)cc1OC. The van der Waals surface area contributed by atoms with Gasteiger partial charge >= 0.3 is 0 Å². The van der Waals surface area contributed by atoms with E-state index in [2.05, 4.69) is 5.10 Å². The maximum atomic E-state index is 13.0. The van der Waals surface area contributed by atoms with Crippen LogP contribution in [0.25, 0.3) is 5.69 Å². The molecular formula is C24H27N3O3. The molecule has 1 aromatic heterocycles. The van der Waals surface area contributed by atoms with Crippen molar-refractivity contribution in [3.05, 3.63) is 72.1 Å². The minimum atomic E-state index is 0.0874. The van der Waals surface area contributed by atoms with Crippen molar-refractivity contribution in [2.24, 2.45) is 0 Å². The van der Waals surface area contributed by atoms with Gasteiger partial charge in [0.2, 0.25) is 5.91 Å². The van der Waals surface area contributed by atoms with E-state index in [1.165, 1.54) is 0 Å². The lowest BCUT2D eigenvalue weighted by Crippen LogP contribution is -2.30. The van der Waals surface area contributed by atoms with E-state index >= 15 is 0 Å². The monoisotopic (exact) mass is 405 g/mol. The summed E-state index contributed by atoms with van der Waals surface area (Å²) in [5.41, 5.74) is 3.17. The first-order valence-electron chi connectivity index (χ1n) is 10.3. The van der Waals surface area contributed by atoms with Crippen LogP contribution in [0.3, 0.4) is 0 Å². The van der Waals surface area contributed by atoms with Gasteiger partial charge in [0, 0.05) is 19.2 Å². The van der Waals surface area contributed by atoms with Crippen molar-refractivity contribution >= 4 is 5.91 Å². The number of hydrogen-bond acceptors (Lipinski definition) is 4. The van der Waals surface area contributed by atoms with Crippen LogP contribution in [0, 0.1) is 0 Å². The van der Waals surface area contributed by atoms with Crippen molar-refractivity contribution < 1.29 is 14.3 Å². The van der Waals surface area contributed by atoms with Crippen molar-refractivity contribution in [2.45, 2.75) is 31.7 Å². The fourth-order valence-corrected chi connectivity index (χ4v) is 4.08. The van der Waals surface area contributed by atoms with Gasteiger partial charge in [-0.2, -0.15) is 5.10 Å². The van der Waals surface area contributed by atoms with E-state index in [9.17, 15) is 4.79 Å². The Hall–Kier alpha value is -3.28. The first-order chi connectivity index (χ1) is 14.7. The zero-order chi connectivity index (χ0) is 20.9. The zero-order valence-corrected chi connectivity index (χ0v) is 17.5. The van der Waals surface area contributed by atoms with Crippen molar-refractivity contribution in [3.63, 3.8) is 0 Å². The Labute approximate surface area is 177 Å². The highest BCUT2D eigenvalue weighted by molar-refractivity contribution is 5.77. The molecular weight excluding hydrogens is 378 g/mol. The normalized spacial score (nSPS) is 15.9. The average Bonchev–Trinajstić information content (AvgIpc) is 3.47. The largest absolute Gasteiger partial charge is 0.493 e. The minimum Gasteiger partial charge on any atom is -0.493 e. The molecule has 3 aromatic rings. The predicted octanol–water partition coefficient (Wildman–Crippen LogP) is 4.19. The van der Waals surface area contributed by atoms with E-state index < -0.39 is 0 Å². The van der Waals surface area contributed by atoms with Crippen LogP contribution in [0.15, 0.2) is 60.9 Å². The third kappa shape index (κ3) is 4.17. The Balaban J connectivity index is 1.41. The highest BCUT2D eigenvalue weighted by Gasteiger charge is 2.30. The summed E-state index contributed by atoms with van der Waals surface area (Å²) in [5, 5.41) is 4.43. The summed E-state index contributed by atoms with van der Waals surface area (Å²) < 4.78 is 12.6. The number of benzene rings is 2. The maximum absolute atomic E-state index is 13.0. The number of amides is 1. The topological polar surface area (TPSA) is 56.6 Å². The first-order valence-corrected chi connectivity index (χ1v) is 10.3. The summed E-state index contributed by atoms with van der Waals surface area (Å²) in [4.78, 5) is 15.0. The molecule has 6 nitrogen and oxygen atoms in total. The molecule has 1 atom stereocenters. The van der Waals surface area contributed by atoms with Crippen LogP contribution in [0.2, 0.25) is 0 Å². The van der Waals surface area contributed by atoms with Gasteiger partial charge in [-0.05, 0) is 54.7 Å². The van der Waals surface area contributed by atoms with Crippen LogP contribution < -0.4 is 9.47 Å². The fraction of sp³-hybridized carbons (Fsp3) is 0.333. The lowest BCUT2D eigenvalue weighted by atomic mass is 10.0. The smallest absolute Gasteiger partial charge is 0.223 e. The minimum absolute atomic E-state index is 0.0874. The van der Waals surface area contributed by atoms with Crippen LogP contribution in [-0.4, -0.2) is 41.4 Å². The summed E-state index contributed by atoms with van der Waals surface area (Å²) >= 11 is 0. The highest BCUT2D eigenvalue weighted by Crippen LogP contribution is 2.37. The second-order valence-corrected chi connectivity index (χ2v) is 7.49. The van der Waals surface area contributed by atoms with Gasteiger partial charge in [-0.1, -0.05) is 24.3 Å². The lowest BCUT2D eigenvalue weighted by Gasteiger charge is -2.25. The summed E-state index contributed by atoms with van der Waals surface area (Å²) in [6.45, 7) is 0.793. The van der Waals surface area contributed by atoms with Crippen molar-refractivity contribution in [1.82, 2.24) is 14.7 Å². The van der Waals surface area contributed by atoms with Gasteiger partial charge in [-0.25, -0.2) is 4.68 Å². The molecule has 0 N–H and O–H groups in total. The number of aromatic nitrogens is 2. The number of hydrogen-bond donors (Lipinski definition) is 0. The molecule has 30 heavy (non-hydrogen) atoms. The Kier molecular flexibility index (Phi) is 6.02. The Morgan fingerprint density at radius 2 is 1.90 bits per heavy atom. The quantitative estimate of drug-likeness (QED) is 0.592. The standard InChI is InChI=1S/C24H27N3O3/c1-29-22-12-11-19(15-23(22)30-2)21-9-6-14-26(21)24(28)13-10-18-16-25-27(17-18)20-7-4-3-5-8-20/h3-5,7-8,11-12,15-17,21H,6,9-10,13-14H2,1-2H3. The number of rotatable bonds is 7. The molecule has 0 aliphatic carbocycles. The number of likely N-dealkylation sites (tertiary alicyclic amines) is 1. The number of para-hydroxylation sites is 1. The molecule has 1 aliphatic rings. The summed E-state index contributed by atoms with van der Waals surface area (Å²) in [5.74, 6) is 1.58. The van der Waals surface area contributed by atoms with E-state index in [0.717, 1.165) is 36.2 Å². The first kappa shape index (κ1) is 20.0. The number of carbonyl (C=O) groups is 1.